The Kier molecular flexibility index (Phi) is 4.06. The van der Waals surface area contributed by atoms with Crippen molar-refractivity contribution in [3.63, 3.8) is 0 Å². The van der Waals surface area contributed by atoms with Gasteiger partial charge in [0.15, 0.2) is 0 Å². The smallest absolute Gasteiger partial charge is 0.274 e. The van der Waals surface area contributed by atoms with Gasteiger partial charge in [-0.1, -0.05) is 11.6 Å². The number of hydrogen-bond acceptors (Lipinski definition) is 3. The zero-order valence-corrected chi connectivity index (χ0v) is 10.1. The van der Waals surface area contributed by atoms with Gasteiger partial charge in [-0.15, -0.1) is 0 Å². The fourth-order valence-electron chi connectivity index (χ4n) is 1.73. The molecule has 96 valence electrons. The largest absolute Gasteiger partial charge is 0.496 e. The predicted molar refractivity (Wildman–Crippen MR) is 61.3 cm³/mol. The van der Waals surface area contributed by atoms with Crippen LogP contribution in [0.5, 0.6) is 5.75 Å². The molecule has 1 aromatic rings. The number of methoxy groups -OCH3 is 1. The first kappa shape index (κ1) is 13.9. The van der Waals surface area contributed by atoms with E-state index < -0.39 is 12.0 Å². The van der Waals surface area contributed by atoms with Crippen LogP contribution in [0.15, 0.2) is 12.1 Å². The molecule has 0 saturated heterocycles. The van der Waals surface area contributed by atoms with E-state index in [4.69, 9.17) is 15.6 Å². The summed E-state index contributed by atoms with van der Waals surface area (Å²) in [6.07, 6.45) is 0. The van der Waals surface area contributed by atoms with E-state index in [1.165, 1.54) is 13.2 Å². The van der Waals surface area contributed by atoms with Crippen LogP contribution in [-0.2, 0) is 5.92 Å². The molecule has 0 spiro atoms. The standard InChI is InChI=1S/C12H17F2NO2/c1-7-4-8(10(15)6-16)11(17-3)9(5-7)12(2,13)14/h4-5,10,16H,6,15H2,1-3H3. The maximum atomic E-state index is 13.4. The molecule has 1 rings (SSSR count). The summed E-state index contributed by atoms with van der Waals surface area (Å²) in [6.45, 7) is 2.18. The molecule has 1 atom stereocenters. The third kappa shape index (κ3) is 2.92. The van der Waals surface area contributed by atoms with Gasteiger partial charge in [0, 0.05) is 12.5 Å². The lowest BCUT2D eigenvalue weighted by Gasteiger charge is -2.21. The van der Waals surface area contributed by atoms with E-state index in [1.807, 2.05) is 0 Å². The van der Waals surface area contributed by atoms with Crippen LogP contribution in [0, 0.1) is 6.92 Å². The number of halogens is 2. The summed E-state index contributed by atoms with van der Waals surface area (Å²) in [5, 5.41) is 9.02. The van der Waals surface area contributed by atoms with Crippen molar-refractivity contribution >= 4 is 0 Å². The van der Waals surface area contributed by atoms with Crippen LogP contribution in [0.3, 0.4) is 0 Å². The molecular formula is C12H17F2NO2. The second-order valence-electron chi connectivity index (χ2n) is 4.11. The third-order valence-electron chi connectivity index (χ3n) is 2.54. The van der Waals surface area contributed by atoms with Gasteiger partial charge < -0.3 is 15.6 Å². The molecule has 1 aromatic carbocycles. The van der Waals surface area contributed by atoms with E-state index in [2.05, 4.69) is 0 Å². The van der Waals surface area contributed by atoms with Gasteiger partial charge in [-0.05, 0) is 13.0 Å². The minimum atomic E-state index is -3.01. The molecule has 5 heteroatoms. The Bertz CT molecular complexity index is 402. The van der Waals surface area contributed by atoms with Crippen molar-refractivity contribution in [3.05, 3.63) is 28.8 Å². The average Bonchev–Trinajstić information content (AvgIpc) is 2.25. The molecule has 0 heterocycles. The van der Waals surface area contributed by atoms with Gasteiger partial charge in [0.05, 0.1) is 25.3 Å². The van der Waals surface area contributed by atoms with Crippen molar-refractivity contribution in [2.75, 3.05) is 13.7 Å². The second-order valence-corrected chi connectivity index (χ2v) is 4.11. The fraction of sp³-hybridized carbons (Fsp3) is 0.500. The molecule has 3 N–H and O–H groups in total. The summed E-state index contributed by atoms with van der Waals surface area (Å²) in [5.41, 5.74) is 6.52. The number of aryl methyl sites for hydroxylation is 1. The van der Waals surface area contributed by atoms with E-state index in [1.54, 1.807) is 13.0 Å². The number of hydrogen-bond donors (Lipinski definition) is 2. The Morgan fingerprint density at radius 3 is 2.47 bits per heavy atom. The minimum Gasteiger partial charge on any atom is -0.496 e. The molecule has 0 fully saturated rings. The number of ether oxygens (including phenoxy) is 1. The summed E-state index contributed by atoms with van der Waals surface area (Å²) in [4.78, 5) is 0. The van der Waals surface area contributed by atoms with E-state index in [0.717, 1.165) is 6.92 Å². The predicted octanol–water partition coefficient (Wildman–Crippen LogP) is 2.11. The number of benzene rings is 1. The van der Waals surface area contributed by atoms with Gasteiger partial charge in [0.2, 0.25) is 0 Å². The number of alkyl halides is 2. The second kappa shape index (κ2) is 4.98. The number of aliphatic hydroxyl groups excluding tert-OH is 1. The van der Waals surface area contributed by atoms with E-state index in [9.17, 15) is 8.78 Å². The summed E-state index contributed by atoms with van der Waals surface area (Å²) >= 11 is 0. The van der Waals surface area contributed by atoms with Crippen molar-refractivity contribution in [3.8, 4) is 5.75 Å². The van der Waals surface area contributed by atoms with Crippen LogP contribution in [0.2, 0.25) is 0 Å². The first-order valence-corrected chi connectivity index (χ1v) is 5.24. The third-order valence-corrected chi connectivity index (χ3v) is 2.54. The van der Waals surface area contributed by atoms with E-state index in [-0.39, 0.29) is 17.9 Å². The van der Waals surface area contributed by atoms with Gasteiger partial charge in [0.1, 0.15) is 5.75 Å². The van der Waals surface area contributed by atoms with Gasteiger partial charge in [-0.3, -0.25) is 0 Å². The Morgan fingerprint density at radius 1 is 1.47 bits per heavy atom. The Labute approximate surface area is 99.2 Å². The maximum Gasteiger partial charge on any atom is 0.274 e. The highest BCUT2D eigenvalue weighted by atomic mass is 19.3. The molecule has 17 heavy (non-hydrogen) atoms. The summed E-state index contributed by atoms with van der Waals surface area (Å²) in [7, 11) is 1.31. The summed E-state index contributed by atoms with van der Waals surface area (Å²) in [6, 6.07) is 2.28. The minimum absolute atomic E-state index is 0.0460. The molecule has 0 amide bonds. The average molecular weight is 245 g/mol. The molecule has 0 aliphatic rings. The number of rotatable bonds is 4. The molecule has 3 nitrogen and oxygen atoms in total. The first-order chi connectivity index (χ1) is 7.81. The van der Waals surface area contributed by atoms with Crippen LogP contribution >= 0.6 is 0 Å². The number of nitrogens with two attached hydrogens (primary N) is 1. The molecule has 0 saturated carbocycles. The van der Waals surface area contributed by atoms with Crippen molar-refractivity contribution in [2.45, 2.75) is 25.8 Å². The Balaban J connectivity index is 3.46. The highest BCUT2D eigenvalue weighted by Crippen LogP contribution is 2.39. The quantitative estimate of drug-likeness (QED) is 0.854. The van der Waals surface area contributed by atoms with Crippen molar-refractivity contribution in [2.24, 2.45) is 5.73 Å². The first-order valence-electron chi connectivity index (χ1n) is 5.24. The van der Waals surface area contributed by atoms with E-state index in [0.29, 0.717) is 11.1 Å². The van der Waals surface area contributed by atoms with E-state index >= 15 is 0 Å². The van der Waals surface area contributed by atoms with Crippen LogP contribution in [0.1, 0.15) is 29.7 Å². The molecule has 0 aromatic heterocycles. The number of aliphatic hydroxyl groups is 1. The van der Waals surface area contributed by atoms with Crippen LogP contribution in [0.25, 0.3) is 0 Å². The van der Waals surface area contributed by atoms with Crippen LogP contribution in [0.4, 0.5) is 8.78 Å². The molecule has 0 aliphatic heterocycles. The summed E-state index contributed by atoms with van der Waals surface area (Å²) in [5.74, 6) is -2.97. The lowest BCUT2D eigenvalue weighted by molar-refractivity contribution is 0.0148. The van der Waals surface area contributed by atoms with Crippen LogP contribution in [-0.4, -0.2) is 18.8 Å². The normalized spacial score (nSPS) is 13.6. The Morgan fingerprint density at radius 2 is 2.06 bits per heavy atom. The van der Waals surface area contributed by atoms with Gasteiger partial charge >= 0.3 is 0 Å². The maximum absolute atomic E-state index is 13.4. The molecule has 0 aliphatic carbocycles. The Hall–Kier alpha value is -1.20. The van der Waals surface area contributed by atoms with Crippen molar-refractivity contribution in [1.29, 1.82) is 0 Å². The highest BCUT2D eigenvalue weighted by Gasteiger charge is 2.31. The van der Waals surface area contributed by atoms with Crippen molar-refractivity contribution in [1.82, 2.24) is 0 Å². The molecular weight excluding hydrogens is 228 g/mol. The van der Waals surface area contributed by atoms with Gasteiger partial charge in [-0.25, -0.2) is 8.78 Å². The molecule has 0 bridgehead atoms. The molecule has 1 unspecified atom stereocenters. The lowest BCUT2D eigenvalue weighted by atomic mass is 9.97. The fourth-order valence-corrected chi connectivity index (χ4v) is 1.73. The summed E-state index contributed by atoms with van der Waals surface area (Å²) < 4.78 is 31.9. The monoisotopic (exact) mass is 245 g/mol. The van der Waals surface area contributed by atoms with Crippen molar-refractivity contribution < 1.29 is 18.6 Å². The molecule has 0 radical (unpaired) electrons. The van der Waals surface area contributed by atoms with Gasteiger partial charge in [0.25, 0.3) is 5.92 Å². The topological polar surface area (TPSA) is 55.5 Å². The lowest BCUT2D eigenvalue weighted by Crippen LogP contribution is -2.19. The highest BCUT2D eigenvalue weighted by molar-refractivity contribution is 5.48. The van der Waals surface area contributed by atoms with Crippen LogP contribution < -0.4 is 10.5 Å². The SMILES string of the molecule is COc1c(C(N)CO)cc(C)cc1C(C)(F)F. The zero-order chi connectivity index (χ0) is 13.2. The van der Waals surface area contributed by atoms with Gasteiger partial charge in [-0.2, -0.15) is 0 Å². The zero-order valence-electron chi connectivity index (χ0n) is 10.1.